The van der Waals surface area contributed by atoms with E-state index in [1.807, 2.05) is 6.92 Å². The van der Waals surface area contributed by atoms with Crippen LogP contribution in [-0.2, 0) is 35.0 Å². The molecule has 0 aliphatic carbocycles. The first-order chi connectivity index (χ1) is 14.3. The lowest BCUT2D eigenvalue weighted by molar-refractivity contribution is -0.147. The van der Waals surface area contributed by atoms with Gasteiger partial charge in [-0.1, -0.05) is 0 Å². The summed E-state index contributed by atoms with van der Waals surface area (Å²) in [5, 5.41) is 2.60. The van der Waals surface area contributed by atoms with Crippen molar-refractivity contribution in [1.29, 1.82) is 0 Å². The van der Waals surface area contributed by atoms with Gasteiger partial charge in [-0.05, 0) is 31.2 Å². The molecule has 158 valence electrons. The van der Waals surface area contributed by atoms with Gasteiger partial charge in [-0.2, -0.15) is 0 Å². The van der Waals surface area contributed by atoms with Gasteiger partial charge in [0, 0.05) is 19.8 Å². The molecule has 1 N–H and O–H groups in total. The predicted octanol–water partition coefficient (Wildman–Crippen LogP) is 0.0143. The number of ether oxygens (including phenoxy) is 2. The van der Waals surface area contributed by atoms with Crippen molar-refractivity contribution in [3.8, 4) is 5.75 Å². The Morgan fingerprint density at radius 1 is 1.10 bits per heavy atom. The molecule has 0 aliphatic rings. The number of anilines is 1. The van der Waals surface area contributed by atoms with Crippen LogP contribution in [-0.4, -0.2) is 43.8 Å². The van der Waals surface area contributed by atoms with E-state index in [2.05, 4.69) is 10.3 Å². The zero-order chi connectivity index (χ0) is 21.8. The molecule has 3 rings (SSSR count). The highest BCUT2D eigenvalue weighted by Gasteiger charge is 2.17. The summed E-state index contributed by atoms with van der Waals surface area (Å²) in [6, 6.07) is 6.76. The molecule has 0 fully saturated rings. The van der Waals surface area contributed by atoms with E-state index < -0.39 is 29.7 Å². The highest BCUT2D eigenvalue weighted by Crippen LogP contribution is 2.15. The summed E-state index contributed by atoms with van der Waals surface area (Å²) in [5.41, 5.74) is -0.318. The third-order valence-corrected chi connectivity index (χ3v) is 4.33. The third-order valence-electron chi connectivity index (χ3n) is 4.33. The first kappa shape index (κ1) is 20.8. The SMILES string of the molecule is CCOc1ccc(NC(=O)COC(=O)Cn2cnc3c2c(=O)n(C)c(=O)n3C)cc1. The van der Waals surface area contributed by atoms with Crippen molar-refractivity contribution < 1.29 is 19.1 Å². The van der Waals surface area contributed by atoms with E-state index in [1.54, 1.807) is 24.3 Å². The number of imidazole rings is 1. The lowest BCUT2D eigenvalue weighted by Gasteiger charge is -2.09. The number of hydrogen-bond acceptors (Lipinski definition) is 7. The maximum atomic E-state index is 12.4. The number of fused-ring (bicyclic) bond motifs is 1. The van der Waals surface area contributed by atoms with Crippen molar-refractivity contribution in [2.24, 2.45) is 14.1 Å². The summed E-state index contributed by atoms with van der Waals surface area (Å²) in [6.07, 6.45) is 1.27. The van der Waals surface area contributed by atoms with E-state index in [0.29, 0.717) is 18.0 Å². The summed E-state index contributed by atoms with van der Waals surface area (Å²) in [7, 11) is 2.82. The second-order valence-electron chi connectivity index (χ2n) is 6.42. The fraction of sp³-hybridized carbons (Fsp3) is 0.316. The van der Waals surface area contributed by atoms with Gasteiger partial charge in [-0.25, -0.2) is 9.78 Å². The molecule has 0 saturated carbocycles. The first-order valence-corrected chi connectivity index (χ1v) is 9.11. The Labute approximate surface area is 170 Å². The maximum absolute atomic E-state index is 12.4. The van der Waals surface area contributed by atoms with E-state index in [1.165, 1.54) is 29.6 Å². The van der Waals surface area contributed by atoms with E-state index in [-0.39, 0.29) is 17.7 Å². The fourth-order valence-corrected chi connectivity index (χ4v) is 2.85. The molecule has 0 aliphatic heterocycles. The number of aromatic nitrogens is 4. The summed E-state index contributed by atoms with van der Waals surface area (Å²) in [5.74, 6) is -0.563. The second kappa shape index (κ2) is 8.64. The number of amides is 1. The summed E-state index contributed by atoms with van der Waals surface area (Å²) in [4.78, 5) is 52.5. The largest absolute Gasteiger partial charge is 0.494 e. The first-order valence-electron chi connectivity index (χ1n) is 9.11. The lowest BCUT2D eigenvalue weighted by Crippen LogP contribution is -2.37. The number of nitrogens with zero attached hydrogens (tertiary/aromatic N) is 4. The van der Waals surface area contributed by atoms with E-state index in [9.17, 15) is 19.2 Å². The topological polar surface area (TPSA) is 126 Å². The van der Waals surface area contributed by atoms with Crippen LogP contribution in [0.1, 0.15) is 6.92 Å². The van der Waals surface area contributed by atoms with Crippen molar-refractivity contribution >= 4 is 28.7 Å². The van der Waals surface area contributed by atoms with Crippen LogP contribution in [0.2, 0.25) is 0 Å². The van der Waals surface area contributed by atoms with Gasteiger partial charge in [0.15, 0.2) is 17.8 Å². The number of carbonyl (C=O) groups excluding carboxylic acids is 2. The summed E-state index contributed by atoms with van der Waals surface area (Å²) in [6.45, 7) is 1.58. The van der Waals surface area contributed by atoms with Crippen LogP contribution in [0.4, 0.5) is 5.69 Å². The number of benzene rings is 1. The van der Waals surface area contributed by atoms with Crippen molar-refractivity contribution in [2.75, 3.05) is 18.5 Å². The quantitative estimate of drug-likeness (QED) is 0.539. The zero-order valence-corrected chi connectivity index (χ0v) is 16.7. The Morgan fingerprint density at radius 2 is 1.80 bits per heavy atom. The number of hydrogen-bond donors (Lipinski definition) is 1. The molecule has 0 radical (unpaired) electrons. The Bertz CT molecular complexity index is 1210. The van der Waals surface area contributed by atoms with Gasteiger partial charge < -0.3 is 19.4 Å². The van der Waals surface area contributed by atoms with Crippen molar-refractivity contribution in [1.82, 2.24) is 18.7 Å². The van der Waals surface area contributed by atoms with Crippen LogP contribution in [0.15, 0.2) is 40.2 Å². The van der Waals surface area contributed by atoms with Crippen molar-refractivity contribution in [2.45, 2.75) is 13.5 Å². The van der Waals surface area contributed by atoms with E-state index >= 15 is 0 Å². The Hall–Kier alpha value is -3.89. The third kappa shape index (κ3) is 4.24. The van der Waals surface area contributed by atoms with Crippen LogP contribution in [0.3, 0.4) is 0 Å². The minimum Gasteiger partial charge on any atom is -0.494 e. The highest BCUT2D eigenvalue weighted by atomic mass is 16.5. The van der Waals surface area contributed by atoms with Crippen LogP contribution < -0.4 is 21.3 Å². The average Bonchev–Trinajstić information content (AvgIpc) is 3.14. The summed E-state index contributed by atoms with van der Waals surface area (Å²) < 4.78 is 13.7. The molecule has 11 heteroatoms. The molecule has 0 saturated heterocycles. The summed E-state index contributed by atoms with van der Waals surface area (Å²) >= 11 is 0. The minimum absolute atomic E-state index is 0.0930. The number of aryl methyl sites for hydroxylation is 1. The van der Waals surface area contributed by atoms with Crippen LogP contribution in [0.5, 0.6) is 5.75 Å². The number of nitrogens with one attached hydrogen (secondary N) is 1. The maximum Gasteiger partial charge on any atom is 0.332 e. The molecule has 0 unspecified atom stereocenters. The molecular formula is C19H21N5O6. The molecule has 1 aromatic carbocycles. The molecule has 0 atom stereocenters. The van der Waals surface area contributed by atoms with Crippen LogP contribution in [0.25, 0.3) is 11.2 Å². The smallest absolute Gasteiger partial charge is 0.332 e. The normalized spacial score (nSPS) is 10.8. The van der Waals surface area contributed by atoms with Gasteiger partial charge in [0.2, 0.25) is 0 Å². The Morgan fingerprint density at radius 3 is 2.47 bits per heavy atom. The molecule has 11 nitrogen and oxygen atoms in total. The molecule has 30 heavy (non-hydrogen) atoms. The van der Waals surface area contributed by atoms with Gasteiger partial charge in [0.1, 0.15) is 12.3 Å². The molecule has 2 aromatic heterocycles. The minimum atomic E-state index is -0.730. The van der Waals surface area contributed by atoms with Crippen molar-refractivity contribution in [3.05, 3.63) is 51.4 Å². The zero-order valence-electron chi connectivity index (χ0n) is 16.7. The van der Waals surface area contributed by atoms with Crippen LogP contribution >= 0.6 is 0 Å². The Balaban J connectivity index is 1.61. The van der Waals surface area contributed by atoms with Crippen LogP contribution in [0, 0.1) is 0 Å². The van der Waals surface area contributed by atoms with E-state index in [0.717, 1.165) is 4.57 Å². The molecular weight excluding hydrogens is 394 g/mol. The number of esters is 1. The standard InChI is InChI=1S/C19H21N5O6/c1-4-29-13-7-5-12(6-8-13)21-14(25)10-30-15(26)9-24-11-20-17-16(24)18(27)23(3)19(28)22(17)2/h5-8,11H,4,9-10H2,1-3H3,(H,21,25). The fourth-order valence-electron chi connectivity index (χ4n) is 2.85. The molecule has 3 aromatic rings. The molecule has 2 heterocycles. The number of rotatable bonds is 7. The molecule has 0 spiro atoms. The molecule has 1 amide bonds. The van der Waals surface area contributed by atoms with Gasteiger partial charge in [0.05, 0.1) is 12.9 Å². The van der Waals surface area contributed by atoms with E-state index in [4.69, 9.17) is 9.47 Å². The lowest BCUT2D eigenvalue weighted by atomic mass is 10.3. The Kier molecular flexibility index (Phi) is 6.00. The predicted molar refractivity (Wildman–Crippen MR) is 107 cm³/mol. The van der Waals surface area contributed by atoms with Gasteiger partial charge in [-0.3, -0.25) is 23.5 Å². The average molecular weight is 415 g/mol. The second-order valence-corrected chi connectivity index (χ2v) is 6.42. The molecule has 0 bridgehead atoms. The highest BCUT2D eigenvalue weighted by molar-refractivity contribution is 5.92. The van der Waals surface area contributed by atoms with Gasteiger partial charge in [0.25, 0.3) is 11.5 Å². The van der Waals surface area contributed by atoms with Crippen molar-refractivity contribution in [3.63, 3.8) is 0 Å². The van der Waals surface area contributed by atoms with Gasteiger partial charge >= 0.3 is 11.7 Å². The van der Waals surface area contributed by atoms with Gasteiger partial charge in [-0.15, -0.1) is 0 Å². The monoisotopic (exact) mass is 415 g/mol. The number of carbonyl (C=O) groups is 2.